The van der Waals surface area contributed by atoms with Crippen molar-refractivity contribution in [1.29, 1.82) is 0 Å². The molecule has 2 amide bonds. The number of hydrogen-bond acceptors (Lipinski definition) is 4. The van der Waals surface area contributed by atoms with E-state index in [2.05, 4.69) is 5.32 Å². The van der Waals surface area contributed by atoms with Gasteiger partial charge in [0.05, 0.1) is 10.6 Å². The van der Waals surface area contributed by atoms with Gasteiger partial charge in [-0.3, -0.25) is 13.9 Å². The number of anilines is 1. The third-order valence-corrected chi connectivity index (χ3v) is 9.52. The molecule has 0 spiro atoms. The molecule has 1 N–H and O–H groups in total. The monoisotopic (exact) mass is 651 g/mol. The molecule has 10 heteroatoms. The summed E-state index contributed by atoms with van der Waals surface area (Å²) in [4.78, 5) is 29.7. The van der Waals surface area contributed by atoms with E-state index in [-0.39, 0.29) is 35.5 Å². The van der Waals surface area contributed by atoms with Crippen molar-refractivity contribution in [2.75, 3.05) is 10.8 Å². The number of halogens is 2. The summed E-state index contributed by atoms with van der Waals surface area (Å²) < 4.78 is 29.1. The van der Waals surface area contributed by atoms with E-state index in [0.717, 1.165) is 15.4 Å². The number of rotatable bonds is 13. The highest BCUT2D eigenvalue weighted by Gasteiger charge is 2.35. The van der Waals surface area contributed by atoms with Crippen molar-refractivity contribution in [1.82, 2.24) is 10.2 Å². The Morgan fingerprint density at radius 1 is 0.795 bits per heavy atom. The van der Waals surface area contributed by atoms with Crippen LogP contribution in [0, 0.1) is 0 Å². The summed E-state index contributed by atoms with van der Waals surface area (Å²) in [7, 11) is -4.25. The Balaban J connectivity index is 1.79. The average Bonchev–Trinajstić information content (AvgIpc) is 3.02. The van der Waals surface area contributed by atoms with E-state index in [1.54, 1.807) is 18.2 Å². The van der Waals surface area contributed by atoms with Crippen LogP contribution in [0.25, 0.3) is 0 Å². The lowest BCUT2D eigenvalue weighted by atomic mass is 10.0. The first-order chi connectivity index (χ1) is 21.1. The molecule has 0 aliphatic rings. The van der Waals surface area contributed by atoms with Gasteiger partial charge in [0.15, 0.2) is 0 Å². The van der Waals surface area contributed by atoms with Crippen molar-refractivity contribution in [2.24, 2.45) is 0 Å². The van der Waals surface area contributed by atoms with Gasteiger partial charge in [0.1, 0.15) is 12.6 Å². The molecular weight excluding hydrogens is 617 g/mol. The van der Waals surface area contributed by atoms with Crippen LogP contribution in [0.2, 0.25) is 10.0 Å². The molecule has 44 heavy (non-hydrogen) atoms. The Kier molecular flexibility index (Phi) is 11.4. The normalized spacial score (nSPS) is 12.6. The minimum absolute atomic E-state index is 0.0420. The highest BCUT2D eigenvalue weighted by molar-refractivity contribution is 7.92. The lowest BCUT2D eigenvalue weighted by Crippen LogP contribution is -2.54. The fraction of sp³-hybridized carbons (Fsp3) is 0.235. The molecule has 0 aliphatic carbocycles. The number of amides is 2. The molecule has 0 aliphatic heterocycles. The van der Waals surface area contributed by atoms with Gasteiger partial charge >= 0.3 is 0 Å². The molecule has 0 radical (unpaired) electrons. The summed E-state index contributed by atoms with van der Waals surface area (Å²) in [6.45, 7) is 3.39. The molecule has 0 bridgehead atoms. The first-order valence-electron chi connectivity index (χ1n) is 14.3. The summed E-state index contributed by atoms with van der Waals surface area (Å²) in [5.74, 6) is -0.867. The molecule has 0 saturated heterocycles. The van der Waals surface area contributed by atoms with Gasteiger partial charge in [-0.1, -0.05) is 96.9 Å². The first-order valence-corrected chi connectivity index (χ1v) is 16.5. The van der Waals surface area contributed by atoms with Gasteiger partial charge in [-0.25, -0.2) is 8.42 Å². The van der Waals surface area contributed by atoms with Gasteiger partial charge in [0, 0.05) is 29.1 Å². The van der Waals surface area contributed by atoms with E-state index < -0.39 is 28.5 Å². The van der Waals surface area contributed by atoms with Crippen molar-refractivity contribution in [3.8, 4) is 0 Å². The van der Waals surface area contributed by atoms with Crippen LogP contribution >= 0.6 is 23.2 Å². The molecule has 0 fully saturated rings. The molecule has 230 valence electrons. The van der Waals surface area contributed by atoms with E-state index in [0.29, 0.717) is 16.5 Å². The molecule has 0 aromatic heterocycles. The predicted molar refractivity (Wildman–Crippen MR) is 176 cm³/mol. The molecule has 0 unspecified atom stereocenters. The Labute approximate surface area is 269 Å². The van der Waals surface area contributed by atoms with E-state index >= 15 is 0 Å². The van der Waals surface area contributed by atoms with Gasteiger partial charge in [0.25, 0.3) is 10.0 Å². The summed E-state index contributed by atoms with van der Waals surface area (Å²) in [6, 6.07) is 29.7. The zero-order valence-corrected chi connectivity index (χ0v) is 26.9. The second-order valence-corrected chi connectivity index (χ2v) is 13.2. The Hall–Kier alpha value is -3.85. The maximum absolute atomic E-state index is 14.4. The zero-order valence-electron chi connectivity index (χ0n) is 24.6. The van der Waals surface area contributed by atoms with Crippen LogP contribution in [0.5, 0.6) is 0 Å². The third-order valence-electron chi connectivity index (χ3n) is 7.24. The van der Waals surface area contributed by atoms with E-state index in [4.69, 9.17) is 23.2 Å². The Bertz CT molecular complexity index is 1650. The van der Waals surface area contributed by atoms with Crippen LogP contribution in [-0.4, -0.2) is 43.8 Å². The third kappa shape index (κ3) is 8.62. The quantitative estimate of drug-likeness (QED) is 0.173. The second-order valence-electron chi connectivity index (χ2n) is 10.5. The second kappa shape index (κ2) is 15.2. The van der Waals surface area contributed by atoms with E-state index in [1.807, 2.05) is 74.5 Å². The number of carbonyl (C=O) groups is 2. The van der Waals surface area contributed by atoms with Gasteiger partial charge in [-0.2, -0.15) is 0 Å². The average molecular weight is 653 g/mol. The molecule has 4 aromatic rings. The van der Waals surface area contributed by atoms with Crippen molar-refractivity contribution in [3.05, 3.63) is 130 Å². The summed E-state index contributed by atoms with van der Waals surface area (Å²) >= 11 is 12.3. The minimum atomic E-state index is -4.25. The van der Waals surface area contributed by atoms with Crippen LogP contribution in [0.3, 0.4) is 0 Å². The smallest absolute Gasteiger partial charge is 0.264 e. The number of sulfonamides is 1. The standard InChI is InChI=1S/C34H35Cl2N3O4S/c1-3-25(2)37-34(41)32(21-26-11-6-4-7-12-26)38(23-27-13-8-5-9-14-27)33(40)24-39(30-16-10-15-29(36)22-30)44(42,43)31-19-17-28(35)18-20-31/h4-20,22,25,32H,3,21,23-24H2,1-2H3,(H,37,41)/t25-,32-/m1/s1. The van der Waals surface area contributed by atoms with Crippen molar-refractivity contribution >= 4 is 50.7 Å². The first kappa shape index (κ1) is 33.1. The maximum atomic E-state index is 14.4. The molecule has 0 saturated carbocycles. The Morgan fingerprint density at radius 2 is 1.41 bits per heavy atom. The molecular formula is C34H35Cl2N3O4S. The summed E-state index contributed by atoms with van der Waals surface area (Å²) in [5.41, 5.74) is 1.87. The van der Waals surface area contributed by atoms with Crippen molar-refractivity contribution < 1.29 is 18.0 Å². The number of benzene rings is 4. The molecule has 2 atom stereocenters. The van der Waals surface area contributed by atoms with Crippen LogP contribution in [0.15, 0.2) is 114 Å². The molecule has 7 nitrogen and oxygen atoms in total. The number of carbonyl (C=O) groups excluding carboxylic acids is 2. The Morgan fingerprint density at radius 3 is 2.00 bits per heavy atom. The topological polar surface area (TPSA) is 86.8 Å². The van der Waals surface area contributed by atoms with Gasteiger partial charge in [0.2, 0.25) is 11.8 Å². The molecule has 4 rings (SSSR count). The van der Waals surface area contributed by atoms with Crippen molar-refractivity contribution in [2.45, 2.75) is 50.2 Å². The minimum Gasteiger partial charge on any atom is -0.352 e. The largest absolute Gasteiger partial charge is 0.352 e. The zero-order chi connectivity index (χ0) is 31.7. The summed E-state index contributed by atoms with van der Waals surface area (Å²) in [6.07, 6.45) is 0.946. The molecule has 0 heterocycles. The van der Waals surface area contributed by atoms with E-state index in [9.17, 15) is 18.0 Å². The lowest BCUT2D eigenvalue weighted by Gasteiger charge is -2.34. The van der Waals surface area contributed by atoms with Crippen LogP contribution in [-0.2, 0) is 32.6 Å². The maximum Gasteiger partial charge on any atom is 0.264 e. The lowest BCUT2D eigenvalue weighted by molar-refractivity contribution is -0.140. The predicted octanol–water partition coefficient (Wildman–Crippen LogP) is 6.74. The number of nitrogens with zero attached hydrogens (tertiary/aromatic N) is 2. The van der Waals surface area contributed by atoms with Gasteiger partial charge in [-0.15, -0.1) is 0 Å². The van der Waals surface area contributed by atoms with Crippen LogP contribution in [0.4, 0.5) is 5.69 Å². The van der Waals surface area contributed by atoms with Crippen LogP contribution < -0.4 is 9.62 Å². The highest BCUT2D eigenvalue weighted by Crippen LogP contribution is 2.28. The fourth-order valence-corrected chi connectivity index (χ4v) is 6.39. The summed E-state index contributed by atoms with van der Waals surface area (Å²) in [5, 5.41) is 3.71. The van der Waals surface area contributed by atoms with Crippen LogP contribution in [0.1, 0.15) is 31.4 Å². The van der Waals surface area contributed by atoms with Gasteiger partial charge < -0.3 is 10.2 Å². The van der Waals surface area contributed by atoms with Crippen molar-refractivity contribution in [3.63, 3.8) is 0 Å². The van der Waals surface area contributed by atoms with Gasteiger partial charge in [-0.05, 0) is 66.9 Å². The number of nitrogens with one attached hydrogen (secondary N) is 1. The highest BCUT2D eigenvalue weighted by atomic mass is 35.5. The molecule has 4 aromatic carbocycles. The van der Waals surface area contributed by atoms with E-state index in [1.165, 1.54) is 35.2 Å². The SMILES string of the molecule is CC[C@@H](C)NC(=O)[C@@H](Cc1ccccc1)N(Cc1ccccc1)C(=O)CN(c1cccc(Cl)c1)S(=O)(=O)c1ccc(Cl)cc1. The fourth-order valence-electron chi connectivity index (χ4n) is 4.67. The number of hydrogen-bond donors (Lipinski definition) is 1.